The van der Waals surface area contributed by atoms with Crippen molar-refractivity contribution in [1.29, 1.82) is 5.41 Å². The molecule has 0 amide bonds. The zero-order chi connectivity index (χ0) is 13.3. The van der Waals surface area contributed by atoms with E-state index in [0.717, 1.165) is 10.4 Å². The molecule has 1 aromatic rings. The van der Waals surface area contributed by atoms with Gasteiger partial charge >= 0.3 is 0 Å². The van der Waals surface area contributed by atoms with E-state index in [-0.39, 0.29) is 17.3 Å². The quantitative estimate of drug-likeness (QED) is 0.633. The van der Waals surface area contributed by atoms with Crippen LogP contribution in [0.3, 0.4) is 0 Å². The highest BCUT2D eigenvalue weighted by atomic mass is 32.2. The number of hydrogen-bond donors (Lipinski definition) is 2. The lowest BCUT2D eigenvalue weighted by Crippen LogP contribution is -2.43. The molecule has 0 spiro atoms. The fourth-order valence-corrected chi connectivity index (χ4v) is 3.86. The van der Waals surface area contributed by atoms with E-state index < -0.39 is 21.9 Å². The zero-order valence-corrected chi connectivity index (χ0v) is 10.5. The van der Waals surface area contributed by atoms with E-state index in [2.05, 4.69) is 0 Å². The number of sulfonamides is 1. The molecule has 0 aromatic heterocycles. The fourth-order valence-electron chi connectivity index (χ4n) is 2.12. The Kier molecular flexibility index (Phi) is 3.36. The number of benzene rings is 1. The van der Waals surface area contributed by atoms with Crippen LogP contribution in [-0.2, 0) is 10.0 Å². The van der Waals surface area contributed by atoms with Crippen LogP contribution in [0.4, 0.5) is 4.39 Å². The van der Waals surface area contributed by atoms with Crippen LogP contribution in [0.15, 0.2) is 29.2 Å². The van der Waals surface area contributed by atoms with Gasteiger partial charge in [0.15, 0.2) is 0 Å². The summed E-state index contributed by atoms with van der Waals surface area (Å²) in [6.07, 6.45) is 1.13. The highest BCUT2D eigenvalue weighted by molar-refractivity contribution is 7.89. The van der Waals surface area contributed by atoms with Crippen molar-refractivity contribution in [3.05, 3.63) is 30.1 Å². The summed E-state index contributed by atoms with van der Waals surface area (Å²) < 4.78 is 39.3. The third kappa shape index (κ3) is 2.11. The maximum absolute atomic E-state index is 13.6. The average molecular weight is 271 g/mol. The third-order valence-electron chi connectivity index (χ3n) is 2.99. The molecule has 1 aliphatic rings. The van der Waals surface area contributed by atoms with Gasteiger partial charge in [-0.05, 0) is 25.0 Å². The first-order valence-electron chi connectivity index (χ1n) is 5.55. The summed E-state index contributed by atoms with van der Waals surface area (Å²) in [5.41, 5.74) is 5.38. The average Bonchev–Trinajstić information content (AvgIpc) is 2.78. The molecular weight excluding hydrogens is 257 g/mol. The molecule has 0 saturated carbocycles. The first-order chi connectivity index (χ1) is 8.44. The first-order valence-corrected chi connectivity index (χ1v) is 6.99. The number of halogens is 1. The smallest absolute Gasteiger partial charge is 0.246 e. The Bertz CT molecular complexity index is 573. The Morgan fingerprint density at radius 2 is 2.11 bits per heavy atom. The summed E-state index contributed by atoms with van der Waals surface area (Å²) in [4.78, 5) is -0.363. The monoisotopic (exact) mass is 271 g/mol. The van der Waals surface area contributed by atoms with Gasteiger partial charge in [0.2, 0.25) is 10.0 Å². The summed E-state index contributed by atoms with van der Waals surface area (Å²) in [6.45, 7) is 0.265. The van der Waals surface area contributed by atoms with Crippen molar-refractivity contribution >= 4 is 15.9 Å². The van der Waals surface area contributed by atoms with Crippen LogP contribution in [0, 0.1) is 11.2 Å². The van der Waals surface area contributed by atoms with E-state index in [4.69, 9.17) is 11.1 Å². The summed E-state index contributed by atoms with van der Waals surface area (Å²) in [5, 5.41) is 7.40. The number of rotatable bonds is 3. The molecule has 0 radical (unpaired) electrons. The SMILES string of the molecule is N=C(N)C1CCCN1S(=O)(=O)c1ccccc1F. The van der Waals surface area contributed by atoms with Crippen molar-refractivity contribution in [1.82, 2.24) is 4.31 Å². The lowest BCUT2D eigenvalue weighted by molar-refractivity contribution is 0.438. The zero-order valence-electron chi connectivity index (χ0n) is 9.64. The summed E-state index contributed by atoms with van der Waals surface area (Å²) in [6, 6.07) is 4.57. The molecule has 1 atom stereocenters. The van der Waals surface area contributed by atoms with Crippen LogP contribution in [0.5, 0.6) is 0 Å². The van der Waals surface area contributed by atoms with Gasteiger partial charge in [0.25, 0.3) is 0 Å². The van der Waals surface area contributed by atoms with Gasteiger partial charge in [0.1, 0.15) is 16.5 Å². The van der Waals surface area contributed by atoms with Crippen LogP contribution in [0.1, 0.15) is 12.8 Å². The predicted octanol–water partition coefficient (Wildman–Crippen LogP) is 0.915. The molecule has 98 valence electrons. The van der Waals surface area contributed by atoms with E-state index in [9.17, 15) is 12.8 Å². The van der Waals surface area contributed by atoms with Crippen molar-refractivity contribution in [2.45, 2.75) is 23.8 Å². The molecule has 1 unspecified atom stereocenters. The van der Waals surface area contributed by atoms with E-state index in [0.29, 0.717) is 12.8 Å². The lowest BCUT2D eigenvalue weighted by atomic mass is 10.2. The molecule has 0 bridgehead atoms. The van der Waals surface area contributed by atoms with Crippen molar-refractivity contribution in [3.8, 4) is 0 Å². The Morgan fingerprint density at radius 3 is 2.72 bits per heavy atom. The summed E-state index contributed by atoms with van der Waals surface area (Å²) in [7, 11) is -3.93. The number of nitrogens with two attached hydrogens (primary N) is 1. The van der Waals surface area contributed by atoms with Crippen LogP contribution >= 0.6 is 0 Å². The van der Waals surface area contributed by atoms with Gasteiger partial charge < -0.3 is 5.73 Å². The molecular formula is C11H14FN3O2S. The molecule has 7 heteroatoms. The molecule has 2 rings (SSSR count). The van der Waals surface area contributed by atoms with Crippen LogP contribution < -0.4 is 5.73 Å². The second kappa shape index (κ2) is 4.66. The molecule has 5 nitrogen and oxygen atoms in total. The van der Waals surface area contributed by atoms with Gasteiger partial charge in [-0.3, -0.25) is 5.41 Å². The second-order valence-electron chi connectivity index (χ2n) is 4.16. The fraction of sp³-hybridized carbons (Fsp3) is 0.364. The number of nitrogens with one attached hydrogen (secondary N) is 1. The molecule has 1 fully saturated rings. The summed E-state index contributed by atoms with van der Waals surface area (Å²) in [5.74, 6) is -0.987. The van der Waals surface area contributed by atoms with E-state index in [1.807, 2.05) is 0 Å². The Morgan fingerprint density at radius 1 is 1.44 bits per heavy atom. The van der Waals surface area contributed by atoms with Gasteiger partial charge in [0.05, 0.1) is 6.04 Å². The molecule has 3 N–H and O–H groups in total. The van der Waals surface area contributed by atoms with Crippen molar-refractivity contribution in [3.63, 3.8) is 0 Å². The minimum absolute atomic E-state index is 0.201. The summed E-state index contributed by atoms with van der Waals surface area (Å²) >= 11 is 0. The van der Waals surface area contributed by atoms with Gasteiger partial charge in [-0.25, -0.2) is 12.8 Å². The largest absolute Gasteiger partial charge is 0.386 e. The number of amidine groups is 1. The standard InChI is InChI=1S/C11H14FN3O2S/c12-8-4-1-2-6-10(8)18(16,17)15-7-3-5-9(15)11(13)14/h1-2,4,6,9H,3,5,7H2,(H3,13,14). The maximum Gasteiger partial charge on any atom is 0.246 e. The molecule has 1 aliphatic heterocycles. The highest BCUT2D eigenvalue weighted by Gasteiger charge is 2.38. The first kappa shape index (κ1) is 13.0. The maximum atomic E-state index is 13.6. The van der Waals surface area contributed by atoms with Crippen molar-refractivity contribution < 1.29 is 12.8 Å². The van der Waals surface area contributed by atoms with Crippen LogP contribution in [-0.4, -0.2) is 31.1 Å². The van der Waals surface area contributed by atoms with Crippen molar-refractivity contribution in [2.75, 3.05) is 6.54 Å². The minimum Gasteiger partial charge on any atom is -0.386 e. The van der Waals surface area contributed by atoms with Gasteiger partial charge in [-0.2, -0.15) is 4.31 Å². The molecule has 1 heterocycles. The topological polar surface area (TPSA) is 87.2 Å². The predicted molar refractivity (Wildman–Crippen MR) is 65.2 cm³/mol. The Labute approximate surface area is 105 Å². The highest BCUT2D eigenvalue weighted by Crippen LogP contribution is 2.27. The minimum atomic E-state index is -3.93. The Hall–Kier alpha value is -1.47. The van der Waals surface area contributed by atoms with E-state index >= 15 is 0 Å². The van der Waals surface area contributed by atoms with E-state index in [1.54, 1.807) is 0 Å². The van der Waals surface area contributed by atoms with Crippen LogP contribution in [0.25, 0.3) is 0 Å². The van der Waals surface area contributed by atoms with E-state index in [1.165, 1.54) is 18.2 Å². The van der Waals surface area contributed by atoms with Crippen molar-refractivity contribution in [2.24, 2.45) is 5.73 Å². The molecule has 1 saturated heterocycles. The second-order valence-corrected chi connectivity index (χ2v) is 6.02. The number of nitrogens with zero attached hydrogens (tertiary/aromatic N) is 1. The Balaban J connectivity index is 2.43. The molecule has 18 heavy (non-hydrogen) atoms. The van der Waals surface area contributed by atoms with Gasteiger partial charge in [0, 0.05) is 6.54 Å². The van der Waals surface area contributed by atoms with Gasteiger partial charge in [-0.15, -0.1) is 0 Å². The third-order valence-corrected chi connectivity index (χ3v) is 4.93. The lowest BCUT2D eigenvalue weighted by Gasteiger charge is -2.23. The normalized spacial score (nSPS) is 21.1. The van der Waals surface area contributed by atoms with Crippen LogP contribution in [0.2, 0.25) is 0 Å². The molecule has 0 aliphatic carbocycles. The number of hydrogen-bond acceptors (Lipinski definition) is 3. The molecule has 1 aromatic carbocycles. The van der Waals surface area contributed by atoms with Gasteiger partial charge in [-0.1, -0.05) is 12.1 Å².